The van der Waals surface area contributed by atoms with Crippen molar-refractivity contribution >= 4 is 48.1 Å². The third-order valence-corrected chi connectivity index (χ3v) is 7.25. The van der Waals surface area contributed by atoms with Gasteiger partial charge in [-0.2, -0.15) is 4.52 Å². The Hall–Kier alpha value is -2.52. The van der Waals surface area contributed by atoms with Gasteiger partial charge in [0.1, 0.15) is 5.82 Å². The molecule has 168 valence electrons. The number of anilines is 1. The Morgan fingerprint density at radius 3 is 2.22 bits per heavy atom. The van der Waals surface area contributed by atoms with E-state index in [9.17, 15) is 8.42 Å². The third kappa shape index (κ3) is 4.23. The summed E-state index contributed by atoms with van der Waals surface area (Å²) in [7, 11) is -3.89. The molecule has 2 heterocycles. The van der Waals surface area contributed by atoms with E-state index in [0.717, 1.165) is 34.3 Å². The molecule has 0 fully saturated rings. The van der Waals surface area contributed by atoms with Gasteiger partial charge in [0.15, 0.2) is 5.65 Å². The Balaban J connectivity index is 1.98. The summed E-state index contributed by atoms with van der Waals surface area (Å²) in [5, 5.41) is 9.02. The molecule has 2 aromatic heterocycles. The van der Waals surface area contributed by atoms with E-state index in [4.69, 9.17) is 4.98 Å². The molecule has 0 bridgehead atoms. The lowest BCUT2D eigenvalue weighted by Gasteiger charge is -2.28. The summed E-state index contributed by atoms with van der Waals surface area (Å²) in [6.45, 7) is 10.3. The molecule has 0 aliphatic heterocycles. The van der Waals surface area contributed by atoms with Crippen molar-refractivity contribution in [2.24, 2.45) is 11.8 Å². The number of aromatic nitrogens is 4. The Bertz CT molecular complexity index is 1350. The number of para-hydroxylation sites is 1. The van der Waals surface area contributed by atoms with Crippen LogP contribution in [0.2, 0.25) is 0 Å². The topological polar surface area (TPSA) is 80.5 Å². The van der Waals surface area contributed by atoms with E-state index in [1.165, 1.54) is 4.52 Å². The predicted octanol–water partition coefficient (Wildman–Crippen LogP) is 4.99. The van der Waals surface area contributed by atoms with Gasteiger partial charge in [-0.15, -0.1) is 5.10 Å². The van der Waals surface area contributed by atoms with Gasteiger partial charge >= 0.3 is 0 Å². The van der Waals surface area contributed by atoms with Gasteiger partial charge < -0.3 is 4.90 Å². The van der Waals surface area contributed by atoms with Crippen molar-refractivity contribution in [1.29, 1.82) is 0 Å². The predicted molar refractivity (Wildman–Crippen MR) is 130 cm³/mol. The van der Waals surface area contributed by atoms with Crippen molar-refractivity contribution < 1.29 is 8.42 Å². The van der Waals surface area contributed by atoms with E-state index in [2.05, 4.69) is 58.8 Å². The van der Waals surface area contributed by atoms with E-state index in [1.807, 2.05) is 24.3 Å². The number of sulfone groups is 1. The van der Waals surface area contributed by atoms with Crippen LogP contribution in [0.15, 0.2) is 62.9 Å². The van der Waals surface area contributed by atoms with Gasteiger partial charge in [0, 0.05) is 22.9 Å². The molecule has 0 saturated carbocycles. The molecule has 4 rings (SSSR count). The van der Waals surface area contributed by atoms with Crippen molar-refractivity contribution in [3.05, 3.63) is 53.0 Å². The fraction of sp³-hybridized carbons (Fsp3) is 0.348. The molecule has 0 amide bonds. The molecule has 0 aliphatic carbocycles. The summed E-state index contributed by atoms with van der Waals surface area (Å²) in [6, 6.07) is 14.3. The quantitative estimate of drug-likeness (QED) is 0.344. The first-order valence-corrected chi connectivity index (χ1v) is 12.9. The van der Waals surface area contributed by atoms with Crippen LogP contribution in [0.5, 0.6) is 0 Å². The summed E-state index contributed by atoms with van der Waals surface area (Å²) < 4.78 is 29.1. The summed E-state index contributed by atoms with van der Waals surface area (Å²) in [4.78, 5) is 7.24. The van der Waals surface area contributed by atoms with Gasteiger partial charge in [-0.05, 0) is 48.2 Å². The molecule has 0 unspecified atom stereocenters. The van der Waals surface area contributed by atoms with E-state index in [1.54, 1.807) is 24.3 Å². The summed E-state index contributed by atoms with van der Waals surface area (Å²) in [5.74, 6) is 1.59. The molecular formula is C23H26BrN5O2S. The summed E-state index contributed by atoms with van der Waals surface area (Å²) >= 11 is 3.35. The minimum atomic E-state index is -3.89. The van der Waals surface area contributed by atoms with Crippen LogP contribution >= 0.6 is 15.9 Å². The Labute approximate surface area is 196 Å². The normalized spacial score (nSPS) is 12.3. The zero-order chi connectivity index (χ0) is 23.0. The average Bonchev–Trinajstić information content (AvgIpc) is 3.17. The second kappa shape index (κ2) is 8.78. The highest BCUT2D eigenvalue weighted by Gasteiger charge is 2.28. The van der Waals surface area contributed by atoms with Crippen LogP contribution in [0.4, 0.5) is 5.82 Å². The average molecular weight is 516 g/mol. The first-order chi connectivity index (χ1) is 15.2. The number of nitrogens with zero attached hydrogens (tertiary/aromatic N) is 5. The fourth-order valence-electron chi connectivity index (χ4n) is 3.80. The summed E-state index contributed by atoms with van der Waals surface area (Å²) in [5.41, 5.74) is 1.01. The molecule has 0 radical (unpaired) electrons. The smallest absolute Gasteiger partial charge is 0.229 e. The number of rotatable bonds is 7. The molecule has 0 N–H and O–H groups in total. The minimum Gasteiger partial charge on any atom is -0.355 e. The molecule has 0 saturated heterocycles. The van der Waals surface area contributed by atoms with E-state index in [0.29, 0.717) is 11.8 Å². The molecule has 4 aromatic rings. The Morgan fingerprint density at radius 1 is 0.969 bits per heavy atom. The molecule has 9 heteroatoms. The summed E-state index contributed by atoms with van der Waals surface area (Å²) in [6.07, 6.45) is 0. The van der Waals surface area contributed by atoms with E-state index >= 15 is 0 Å². The van der Waals surface area contributed by atoms with Crippen LogP contribution in [0, 0.1) is 11.8 Å². The largest absolute Gasteiger partial charge is 0.355 e. The Kier molecular flexibility index (Phi) is 6.22. The zero-order valence-electron chi connectivity index (χ0n) is 18.5. The van der Waals surface area contributed by atoms with E-state index in [-0.39, 0.29) is 15.6 Å². The number of halogens is 1. The zero-order valence-corrected chi connectivity index (χ0v) is 20.9. The number of hydrogen-bond donors (Lipinski definition) is 0. The maximum atomic E-state index is 13.4. The number of fused-ring (bicyclic) bond motifs is 3. The fourth-order valence-corrected chi connectivity index (χ4v) is 5.30. The SMILES string of the molecule is CC(C)CN(CC(C)C)c1nc2c(S(=O)(=O)c3ccc(Br)cc3)nnn2c2ccccc12. The molecule has 0 atom stereocenters. The van der Waals surface area contributed by atoms with Crippen molar-refractivity contribution in [1.82, 2.24) is 19.8 Å². The lowest BCUT2D eigenvalue weighted by Crippen LogP contribution is -2.32. The van der Waals surface area contributed by atoms with Crippen LogP contribution in [0.1, 0.15) is 27.7 Å². The van der Waals surface area contributed by atoms with Crippen LogP contribution in [-0.4, -0.2) is 41.3 Å². The van der Waals surface area contributed by atoms with Crippen molar-refractivity contribution in [2.75, 3.05) is 18.0 Å². The van der Waals surface area contributed by atoms with Crippen molar-refractivity contribution in [3.8, 4) is 0 Å². The lowest BCUT2D eigenvalue weighted by molar-refractivity contribution is 0.550. The standard InChI is InChI=1S/C23H26BrN5O2S/c1-15(2)13-28(14-16(3)4)21-19-7-5-6-8-20(19)29-22(25-21)23(26-27-29)32(30,31)18-11-9-17(24)10-12-18/h5-12,15-16H,13-14H2,1-4H3. The van der Waals surface area contributed by atoms with Crippen molar-refractivity contribution in [3.63, 3.8) is 0 Å². The molecule has 0 spiro atoms. The van der Waals surface area contributed by atoms with Crippen molar-refractivity contribution in [2.45, 2.75) is 37.6 Å². The highest BCUT2D eigenvalue weighted by molar-refractivity contribution is 9.10. The van der Waals surface area contributed by atoms with E-state index < -0.39 is 9.84 Å². The second-order valence-corrected chi connectivity index (χ2v) is 11.5. The highest BCUT2D eigenvalue weighted by atomic mass is 79.9. The molecule has 2 aromatic carbocycles. The third-order valence-electron chi connectivity index (χ3n) is 5.05. The first kappa shape index (κ1) is 22.7. The molecular weight excluding hydrogens is 490 g/mol. The van der Waals surface area contributed by atoms with Gasteiger partial charge in [0.2, 0.25) is 14.9 Å². The minimum absolute atomic E-state index is 0.138. The Morgan fingerprint density at radius 2 is 1.59 bits per heavy atom. The molecule has 32 heavy (non-hydrogen) atoms. The first-order valence-electron chi connectivity index (χ1n) is 10.6. The van der Waals surface area contributed by atoms with Crippen LogP contribution in [-0.2, 0) is 9.84 Å². The number of benzene rings is 2. The van der Waals surface area contributed by atoms with Gasteiger partial charge in [-0.3, -0.25) is 0 Å². The maximum Gasteiger partial charge on any atom is 0.229 e. The highest BCUT2D eigenvalue weighted by Crippen LogP contribution is 2.31. The lowest BCUT2D eigenvalue weighted by atomic mass is 10.1. The van der Waals surface area contributed by atoms with Crippen LogP contribution in [0.25, 0.3) is 16.6 Å². The monoisotopic (exact) mass is 515 g/mol. The second-order valence-electron chi connectivity index (χ2n) is 8.73. The maximum absolute atomic E-state index is 13.4. The number of hydrogen-bond acceptors (Lipinski definition) is 6. The van der Waals surface area contributed by atoms with Gasteiger partial charge in [-0.25, -0.2) is 13.4 Å². The van der Waals surface area contributed by atoms with Crippen LogP contribution in [0.3, 0.4) is 0 Å². The van der Waals surface area contributed by atoms with Gasteiger partial charge in [0.25, 0.3) is 0 Å². The molecule has 0 aliphatic rings. The molecule has 7 nitrogen and oxygen atoms in total. The van der Waals surface area contributed by atoms with Gasteiger partial charge in [-0.1, -0.05) is 61.0 Å². The van der Waals surface area contributed by atoms with Gasteiger partial charge in [0.05, 0.1) is 10.4 Å². The van der Waals surface area contributed by atoms with Crippen LogP contribution < -0.4 is 4.90 Å².